The average Bonchev–Trinajstić information content (AvgIpc) is 2.97. The molecule has 0 saturated heterocycles. The van der Waals surface area contributed by atoms with Gasteiger partial charge in [-0.2, -0.15) is 5.26 Å². The van der Waals surface area contributed by atoms with E-state index in [0.29, 0.717) is 5.56 Å². The van der Waals surface area contributed by atoms with Gasteiger partial charge in [-0.1, -0.05) is 5.92 Å². The van der Waals surface area contributed by atoms with Gasteiger partial charge in [-0.05, 0) is 38.0 Å². The van der Waals surface area contributed by atoms with E-state index >= 15 is 0 Å². The summed E-state index contributed by atoms with van der Waals surface area (Å²) < 4.78 is 42.9. The fraction of sp³-hybridized carbons (Fsp3) is 0.300. The van der Waals surface area contributed by atoms with Gasteiger partial charge in [0.25, 0.3) is 5.91 Å². The highest BCUT2D eigenvalue weighted by atomic mass is 32.2. The van der Waals surface area contributed by atoms with Gasteiger partial charge in [0.15, 0.2) is 0 Å². The Kier molecular flexibility index (Phi) is 5.94. The van der Waals surface area contributed by atoms with Crippen LogP contribution in [0.3, 0.4) is 0 Å². The van der Waals surface area contributed by atoms with Crippen LogP contribution in [0.5, 0.6) is 0 Å². The number of aliphatic hydroxyl groups excluding tert-OH is 1. The standard InChI is InChI=1S/C20H19FN4O4S/c1-3-4-17(26)16-8-6-14-18(30(28,29)24-16)11-25(2)19(14)20(27)23-13-5-7-15(21)12(9-13)10-22/h5,7,9,11,16-17,24,26H,6,8H2,1-2H3,(H,23,27)/t16-,17-/m0/s1. The van der Waals surface area contributed by atoms with Gasteiger partial charge in [-0.15, -0.1) is 5.92 Å². The summed E-state index contributed by atoms with van der Waals surface area (Å²) in [6.45, 7) is 1.54. The molecule has 2 atom stereocenters. The number of sulfonamides is 1. The van der Waals surface area contributed by atoms with E-state index in [1.54, 1.807) is 20.0 Å². The van der Waals surface area contributed by atoms with Gasteiger partial charge in [-0.3, -0.25) is 4.79 Å². The molecule has 156 valence electrons. The number of aliphatic hydroxyl groups is 1. The zero-order valence-corrected chi connectivity index (χ0v) is 17.0. The highest BCUT2D eigenvalue weighted by Crippen LogP contribution is 2.28. The van der Waals surface area contributed by atoms with Crippen LogP contribution in [0.4, 0.5) is 10.1 Å². The molecule has 1 aromatic heterocycles. The topological polar surface area (TPSA) is 124 Å². The summed E-state index contributed by atoms with van der Waals surface area (Å²) in [5.41, 5.74) is 0.410. The van der Waals surface area contributed by atoms with Crippen LogP contribution < -0.4 is 10.0 Å². The second kappa shape index (κ2) is 8.28. The molecule has 0 fully saturated rings. The maximum atomic E-state index is 13.5. The van der Waals surface area contributed by atoms with Crippen LogP contribution in [-0.4, -0.2) is 36.1 Å². The number of nitrogens with one attached hydrogen (secondary N) is 2. The van der Waals surface area contributed by atoms with E-state index in [0.717, 1.165) is 6.07 Å². The summed E-state index contributed by atoms with van der Waals surface area (Å²) in [4.78, 5) is 12.8. The fourth-order valence-electron chi connectivity index (χ4n) is 3.39. The Balaban J connectivity index is 1.96. The Bertz CT molecular complexity index is 1220. The lowest BCUT2D eigenvalue weighted by atomic mass is 10.0. The molecule has 0 spiro atoms. The molecule has 1 aliphatic rings. The number of nitrogens with zero attached hydrogens (tertiary/aromatic N) is 2. The summed E-state index contributed by atoms with van der Waals surface area (Å²) >= 11 is 0. The van der Waals surface area contributed by atoms with Gasteiger partial charge in [0.2, 0.25) is 10.0 Å². The molecule has 0 bridgehead atoms. The Morgan fingerprint density at radius 3 is 2.87 bits per heavy atom. The van der Waals surface area contributed by atoms with Crippen molar-refractivity contribution < 1.29 is 22.7 Å². The Labute approximate surface area is 173 Å². The van der Waals surface area contributed by atoms with Crippen LogP contribution in [-0.2, 0) is 23.5 Å². The maximum Gasteiger partial charge on any atom is 0.272 e. The number of aryl methyl sites for hydroxylation is 1. The van der Waals surface area contributed by atoms with Crippen molar-refractivity contribution in [3.8, 4) is 17.9 Å². The highest BCUT2D eigenvalue weighted by molar-refractivity contribution is 7.89. The van der Waals surface area contributed by atoms with Crippen molar-refractivity contribution >= 4 is 21.6 Å². The van der Waals surface area contributed by atoms with Crippen molar-refractivity contribution in [2.45, 2.75) is 36.8 Å². The van der Waals surface area contributed by atoms with Crippen LogP contribution in [0.1, 0.15) is 35.0 Å². The minimum Gasteiger partial charge on any atom is -0.379 e. The lowest BCUT2D eigenvalue weighted by Crippen LogP contribution is -2.41. The molecular formula is C20H19FN4O4S. The number of carbonyl (C=O) groups is 1. The van der Waals surface area contributed by atoms with E-state index in [4.69, 9.17) is 5.26 Å². The lowest BCUT2D eigenvalue weighted by molar-refractivity contribution is 0.101. The van der Waals surface area contributed by atoms with Crippen LogP contribution in [0, 0.1) is 29.0 Å². The summed E-state index contributed by atoms with van der Waals surface area (Å²) in [7, 11) is -2.45. The van der Waals surface area contributed by atoms with Crippen molar-refractivity contribution in [2.75, 3.05) is 5.32 Å². The predicted octanol–water partition coefficient (Wildman–Crippen LogP) is 1.27. The van der Waals surface area contributed by atoms with Gasteiger partial charge in [0, 0.05) is 24.5 Å². The van der Waals surface area contributed by atoms with E-state index in [2.05, 4.69) is 21.9 Å². The molecule has 1 amide bonds. The number of halogens is 1. The third-order valence-corrected chi connectivity index (χ3v) is 6.33. The zero-order chi connectivity index (χ0) is 22.1. The van der Waals surface area contributed by atoms with Crippen molar-refractivity contribution in [3.63, 3.8) is 0 Å². The van der Waals surface area contributed by atoms with E-state index < -0.39 is 33.9 Å². The molecule has 3 N–H and O–H groups in total. The molecular weight excluding hydrogens is 411 g/mol. The number of anilines is 1. The van der Waals surface area contributed by atoms with Crippen molar-refractivity contribution in [1.82, 2.24) is 9.29 Å². The molecule has 10 heteroatoms. The quantitative estimate of drug-likeness (QED) is 0.633. The second-order valence-corrected chi connectivity index (χ2v) is 8.48. The number of hydrogen-bond acceptors (Lipinski definition) is 5. The van der Waals surface area contributed by atoms with Gasteiger partial charge < -0.3 is 15.0 Å². The first-order chi connectivity index (χ1) is 14.2. The van der Waals surface area contributed by atoms with Crippen LogP contribution in [0.2, 0.25) is 0 Å². The zero-order valence-electron chi connectivity index (χ0n) is 16.2. The normalized spacial score (nSPS) is 18.2. The smallest absolute Gasteiger partial charge is 0.272 e. The number of carbonyl (C=O) groups excluding carboxylic acids is 1. The average molecular weight is 430 g/mol. The molecule has 0 unspecified atom stereocenters. The monoisotopic (exact) mass is 430 g/mol. The maximum absolute atomic E-state index is 13.5. The van der Waals surface area contributed by atoms with Crippen LogP contribution in [0.15, 0.2) is 29.3 Å². The van der Waals surface area contributed by atoms with Crippen molar-refractivity contribution in [2.24, 2.45) is 7.05 Å². The summed E-state index contributed by atoms with van der Waals surface area (Å²) in [5.74, 6) is 3.78. The number of nitriles is 1. The molecule has 3 rings (SSSR count). The van der Waals surface area contributed by atoms with Crippen LogP contribution >= 0.6 is 0 Å². The second-order valence-electron chi connectivity index (χ2n) is 6.80. The van der Waals surface area contributed by atoms with Gasteiger partial charge in [-0.25, -0.2) is 17.5 Å². The van der Waals surface area contributed by atoms with Crippen molar-refractivity contribution in [3.05, 3.63) is 47.0 Å². The molecule has 0 aliphatic carbocycles. The number of rotatable bonds is 3. The molecule has 1 aliphatic heterocycles. The number of fused-ring (bicyclic) bond motifs is 1. The Morgan fingerprint density at radius 2 is 2.20 bits per heavy atom. The SMILES string of the molecule is CC#C[C@H](O)[C@@H]1CCc2c(cn(C)c2C(=O)Nc2ccc(F)c(C#N)c2)S(=O)(=O)N1. The third kappa shape index (κ3) is 4.07. The Morgan fingerprint density at radius 1 is 1.47 bits per heavy atom. The Hall–Kier alpha value is -3.18. The molecule has 2 aromatic rings. The first-order valence-electron chi connectivity index (χ1n) is 8.99. The highest BCUT2D eigenvalue weighted by Gasteiger charge is 2.34. The molecule has 0 radical (unpaired) electrons. The molecule has 30 heavy (non-hydrogen) atoms. The first kappa shape index (κ1) is 21.5. The lowest BCUT2D eigenvalue weighted by Gasteiger charge is -2.17. The van der Waals surface area contributed by atoms with Gasteiger partial charge in [0.1, 0.15) is 28.6 Å². The van der Waals surface area contributed by atoms with E-state index in [-0.39, 0.29) is 34.7 Å². The fourth-order valence-corrected chi connectivity index (χ4v) is 4.98. The van der Waals surface area contributed by atoms with E-state index in [9.17, 15) is 22.7 Å². The molecule has 0 saturated carbocycles. The number of aromatic nitrogens is 1. The van der Waals surface area contributed by atoms with E-state index in [1.807, 2.05) is 0 Å². The third-order valence-electron chi connectivity index (χ3n) is 4.78. The van der Waals surface area contributed by atoms with Crippen molar-refractivity contribution in [1.29, 1.82) is 5.26 Å². The molecule has 1 aromatic carbocycles. The molecule has 2 heterocycles. The largest absolute Gasteiger partial charge is 0.379 e. The summed E-state index contributed by atoms with van der Waals surface area (Å²) in [5, 5.41) is 21.6. The van der Waals surface area contributed by atoms with Gasteiger partial charge in [0.05, 0.1) is 11.6 Å². The summed E-state index contributed by atoms with van der Waals surface area (Å²) in [6.07, 6.45) is 0.605. The summed E-state index contributed by atoms with van der Waals surface area (Å²) in [6, 6.07) is 4.45. The first-order valence-corrected chi connectivity index (χ1v) is 10.5. The van der Waals surface area contributed by atoms with Gasteiger partial charge >= 0.3 is 0 Å². The predicted molar refractivity (Wildman–Crippen MR) is 106 cm³/mol. The minimum atomic E-state index is -3.99. The number of amides is 1. The molecule has 8 nitrogen and oxygen atoms in total. The number of benzene rings is 1. The van der Waals surface area contributed by atoms with Crippen LogP contribution in [0.25, 0.3) is 0 Å². The number of hydrogen-bond donors (Lipinski definition) is 3. The minimum absolute atomic E-state index is 0.0499. The van der Waals surface area contributed by atoms with E-state index in [1.165, 1.54) is 22.9 Å².